The largest absolute Gasteiger partial charge is 0.497 e. The van der Waals surface area contributed by atoms with Crippen LogP contribution in [0.3, 0.4) is 0 Å². The summed E-state index contributed by atoms with van der Waals surface area (Å²) in [6.07, 6.45) is 0.309. The van der Waals surface area contributed by atoms with Crippen molar-refractivity contribution in [2.24, 2.45) is 16.8 Å². The highest BCUT2D eigenvalue weighted by Gasteiger charge is 2.53. The maximum Gasteiger partial charge on any atom is 0.336 e. The summed E-state index contributed by atoms with van der Waals surface area (Å²) in [4.78, 5) is 46.1. The zero-order valence-electron chi connectivity index (χ0n) is 23.7. The number of fused-ring (bicyclic) bond motifs is 1. The van der Waals surface area contributed by atoms with Gasteiger partial charge in [0.25, 0.3) is 0 Å². The molecule has 9 heteroatoms. The van der Waals surface area contributed by atoms with Crippen LogP contribution < -0.4 is 14.2 Å². The number of hydrogen-bond acceptors (Lipinski definition) is 9. The normalized spacial score (nSPS) is 22.1. The van der Waals surface area contributed by atoms with Crippen molar-refractivity contribution in [1.82, 2.24) is 0 Å². The molecule has 0 spiro atoms. The molecule has 1 saturated carbocycles. The number of aliphatic imine (C=N–C) groups is 1. The lowest BCUT2D eigenvalue weighted by Gasteiger charge is -2.41. The second-order valence-electron chi connectivity index (χ2n) is 9.58. The number of Topliss-reactive ketones (excluding diaryl/α,β-unsaturated/α-hetero) is 1. The van der Waals surface area contributed by atoms with E-state index in [4.69, 9.17) is 28.7 Å². The number of hydrogen-bond donors (Lipinski definition) is 0. The highest BCUT2D eigenvalue weighted by molar-refractivity contribution is 6.18. The number of esters is 2. The number of para-hydroxylation sites is 1. The van der Waals surface area contributed by atoms with Gasteiger partial charge in [-0.25, -0.2) is 4.79 Å². The monoisotopic (exact) mass is 549 g/mol. The molecule has 2 aromatic rings. The van der Waals surface area contributed by atoms with Gasteiger partial charge in [0.1, 0.15) is 11.7 Å². The molecule has 0 N–H and O–H groups in total. The molecule has 0 saturated heterocycles. The van der Waals surface area contributed by atoms with Crippen LogP contribution in [0.1, 0.15) is 50.2 Å². The van der Waals surface area contributed by atoms with Crippen LogP contribution in [-0.4, -0.2) is 58.0 Å². The Labute approximate surface area is 234 Å². The number of rotatable bonds is 9. The van der Waals surface area contributed by atoms with Gasteiger partial charge in [-0.2, -0.15) is 0 Å². The molecule has 4 rings (SSSR count). The Morgan fingerprint density at radius 2 is 1.65 bits per heavy atom. The summed E-state index contributed by atoms with van der Waals surface area (Å²) in [7, 11) is 4.58. The summed E-state index contributed by atoms with van der Waals surface area (Å²) < 4.78 is 27.5. The molecule has 0 radical (unpaired) electrons. The number of ether oxygens (including phenoxy) is 5. The molecule has 1 aliphatic heterocycles. The molecular weight excluding hydrogens is 514 g/mol. The van der Waals surface area contributed by atoms with Crippen LogP contribution in [0.15, 0.2) is 58.7 Å². The quantitative estimate of drug-likeness (QED) is 0.329. The van der Waals surface area contributed by atoms with Crippen molar-refractivity contribution in [3.05, 3.63) is 64.9 Å². The SMILES string of the molecule is CCOC(=O)C1=C(C)N=C2C[C@@H](c3cccc(OC)c3)[C@@H](C(=O)OCC)C(=O)C2[C@@H]1c1cccc(OC)c1OC. The molecule has 1 fully saturated rings. The van der Waals surface area contributed by atoms with Gasteiger partial charge < -0.3 is 23.7 Å². The minimum Gasteiger partial charge on any atom is -0.497 e. The van der Waals surface area contributed by atoms with Gasteiger partial charge in [-0.1, -0.05) is 24.3 Å². The summed E-state index contributed by atoms with van der Waals surface area (Å²) in [6, 6.07) is 12.6. The lowest BCUT2D eigenvalue weighted by Crippen LogP contribution is -2.48. The third-order valence-corrected chi connectivity index (χ3v) is 7.48. The fourth-order valence-corrected chi connectivity index (χ4v) is 5.84. The number of methoxy groups -OCH3 is 3. The third kappa shape index (κ3) is 5.20. The highest BCUT2D eigenvalue weighted by atomic mass is 16.5. The summed E-state index contributed by atoms with van der Waals surface area (Å²) in [5.41, 5.74) is 2.61. The Kier molecular flexibility index (Phi) is 8.92. The lowest BCUT2D eigenvalue weighted by molar-refractivity contribution is -0.153. The molecule has 2 aromatic carbocycles. The number of carbonyl (C=O) groups is 3. The first-order valence-corrected chi connectivity index (χ1v) is 13.3. The molecule has 40 heavy (non-hydrogen) atoms. The van der Waals surface area contributed by atoms with Crippen molar-refractivity contribution in [2.45, 2.75) is 39.0 Å². The van der Waals surface area contributed by atoms with Crippen LogP contribution in [0, 0.1) is 11.8 Å². The Morgan fingerprint density at radius 1 is 0.925 bits per heavy atom. The first-order valence-electron chi connectivity index (χ1n) is 13.3. The van der Waals surface area contributed by atoms with Crippen LogP contribution in [0.4, 0.5) is 0 Å². The molecule has 0 amide bonds. The van der Waals surface area contributed by atoms with Gasteiger partial charge in [-0.3, -0.25) is 14.6 Å². The van der Waals surface area contributed by atoms with Gasteiger partial charge in [0, 0.05) is 28.8 Å². The van der Waals surface area contributed by atoms with Crippen LogP contribution in [-0.2, 0) is 23.9 Å². The summed E-state index contributed by atoms with van der Waals surface area (Å²) in [5, 5.41) is 0. The van der Waals surface area contributed by atoms with E-state index >= 15 is 0 Å². The van der Waals surface area contributed by atoms with Gasteiger partial charge in [0.15, 0.2) is 17.3 Å². The van der Waals surface area contributed by atoms with Crippen molar-refractivity contribution < 1.29 is 38.1 Å². The minimum atomic E-state index is -1.11. The van der Waals surface area contributed by atoms with Gasteiger partial charge in [-0.15, -0.1) is 0 Å². The van der Waals surface area contributed by atoms with Crippen LogP contribution in [0.25, 0.3) is 0 Å². The van der Waals surface area contributed by atoms with E-state index in [0.29, 0.717) is 40.6 Å². The molecule has 0 aromatic heterocycles. The van der Waals surface area contributed by atoms with Crippen molar-refractivity contribution in [2.75, 3.05) is 34.5 Å². The maximum absolute atomic E-state index is 14.5. The van der Waals surface area contributed by atoms with Gasteiger partial charge >= 0.3 is 11.9 Å². The van der Waals surface area contributed by atoms with Crippen molar-refractivity contribution in [3.8, 4) is 17.2 Å². The molecule has 1 heterocycles. The van der Waals surface area contributed by atoms with Crippen LogP contribution >= 0.6 is 0 Å². The zero-order valence-corrected chi connectivity index (χ0v) is 23.7. The standard InChI is InChI=1S/C31H35NO8/c1-7-39-30(34)24-17(3)32-22-16-21(18-11-9-12-19(15-18)36-4)26(31(35)40-8-2)28(33)27(22)25(24)20-13-10-14-23(37-5)29(20)38-6/h9-15,21,25-27H,7-8,16H2,1-6H3/t21-,25+,26+,27?/m0/s1. The van der Waals surface area contributed by atoms with Crippen LogP contribution in [0.5, 0.6) is 17.2 Å². The highest BCUT2D eigenvalue weighted by Crippen LogP contribution is 2.51. The molecular formula is C31H35NO8. The zero-order chi connectivity index (χ0) is 29.0. The lowest BCUT2D eigenvalue weighted by atomic mass is 9.62. The van der Waals surface area contributed by atoms with E-state index in [9.17, 15) is 14.4 Å². The van der Waals surface area contributed by atoms with E-state index in [2.05, 4.69) is 0 Å². The molecule has 1 unspecified atom stereocenters. The Bertz CT molecular complexity index is 1360. The van der Waals surface area contributed by atoms with Gasteiger partial charge in [0.2, 0.25) is 0 Å². The minimum absolute atomic E-state index is 0.124. The second-order valence-corrected chi connectivity index (χ2v) is 9.58. The Hall–Kier alpha value is -4.14. The van der Waals surface area contributed by atoms with E-state index in [1.165, 1.54) is 14.2 Å². The van der Waals surface area contributed by atoms with Crippen molar-refractivity contribution in [3.63, 3.8) is 0 Å². The summed E-state index contributed by atoms with van der Waals surface area (Å²) >= 11 is 0. The molecule has 9 nitrogen and oxygen atoms in total. The summed E-state index contributed by atoms with van der Waals surface area (Å²) in [5.74, 6) is -3.48. The van der Waals surface area contributed by atoms with E-state index in [-0.39, 0.29) is 24.6 Å². The number of nitrogens with zero attached hydrogens (tertiary/aromatic N) is 1. The van der Waals surface area contributed by atoms with Gasteiger partial charge in [0.05, 0.1) is 46.0 Å². The van der Waals surface area contributed by atoms with Gasteiger partial charge in [-0.05, 0) is 51.0 Å². The average molecular weight is 550 g/mol. The Morgan fingerprint density at radius 3 is 2.30 bits per heavy atom. The first-order chi connectivity index (χ1) is 19.3. The van der Waals surface area contributed by atoms with E-state index in [1.54, 1.807) is 52.1 Å². The maximum atomic E-state index is 14.5. The molecule has 4 atom stereocenters. The topological polar surface area (TPSA) is 110 Å². The molecule has 1 aliphatic carbocycles. The number of benzene rings is 2. The van der Waals surface area contributed by atoms with E-state index in [1.807, 2.05) is 18.2 Å². The Balaban J connectivity index is 1.95. The molecule has 0 bridgehead atoms. The van der Waals surface area contributed by atoms with Crippen molar-refractivity contribution >= 4 is 23.4 Å². The summed E-state index contributed by atoms with van der Waals surface area (Å²) in [6.45, 7) is 5.43. The average Bonchev–Trinajstić information content (AvgIpc) is 2.95. The van der Waals surface area contributed by atoms with Crippen molar-refractivity contribution in [1.29, 1.82) is 0 Å². The first kappa shape index (κ1) is 28.9. The van der Waals surface area contributed by atoms with E-state index < -0.39 is 35.6 Å². The predicted molar refractivity (Wildman–Crippen MR) is 148 cm³/mol. The number of allylic oxidation sites excluding steroid dienone is 1. The third-order valence-electron chi connectivity index (χ3n) is 7.48. The molecule has 2 aliphatic rings. The van der Waals surface area contributed by atoms with Crippen LogP contribution in [0.2, 0.25) is 0 Å². The smallest absolute Gasteiger partial charge is 0.336 e. The number of ketones is 1. The molecule has 212 valence electrons. The second kappa shape index (κ2) is 12.4. The fourth-order valence-electron chi connectivity index (χ4n) is 5.84. The van der Waals surface area contributed by atoms with E-state index in [0.717, 1.165) is 5.56 Å². The fraction of sp³-hybridized carbons (Fsp3) is 0.419. The number of carbonyl (C=O) groups excluding carboxylic acids is 3. The predicted octanol–water partition coefficient (Wildman–Crippen LogP) is 4.64.